The van der Waals surface area contributed by atoms with Gasteiger partial charge in [0.1, 0.15) is 11.0 Å². The zero-order chi connectivity index (χ0) is 12.5. The van der Waals surface area contributed by atoms with Gasteiger partial charge in [0.2, 0.25) is 0 Å². The van der Waals surface area contributed by atoms with Gasteiger partial charge in [0.15, 0.2) is 15.0 Å². The van der Waals surface area contributed by atoms with E-state index in [9.17, 15) is 8.42 Å². The lowest BCUT2D eigenvalue weighted by molar-refractivity contribution is 0.602. The molecule has 0 spiro atoms. The number of hydrogen-bond donors (Lipinski definition) is 1. The van der Waals surface area contributed by atoms with E-state index in [2.05, 4.69) is 15.3 Å². The lowest BCUT2D eigenvalue weighted by Gasteiger charge is -2.11. The summed E-state index contributed by atoms with van der Waals surface area (Å²) in [6.07, 6.45) is 2.47. The molecule has 1 saturated heterocycles. The lowest BCUT2D eigenvalue weighted by atomic mass is 10.2. The van der Waals surface area contributed by atoms with E-state index in [0.717, 1.165) is 0 Å². The van der Waals surface area contributed by atoms with Crippen molar-refractivity contribution in [3.05, 3.63) is 11.2 Å². The standard InChI is InChI=1S/C9H12ClN3O2S2/c1-16-9-12-7(10)4-8(13-9)11-6-2-3-17(14,15)5-6/h4,6H,2-3,5H2,1H3,(H,11,12,13). The molecule has 0 aromatic carbocycles. The number of halogens is 1. The van der Waals surface area contributed by atoms with Gasteiger partial charge in [-0.1, -0.05) is 23.4 Å². The van der Waals surface area contributed by atoms with Gasteiger partial charge < -0.3 is 5.32 Å². The van der Waals surface area contributed by atoms with Crippen molar-refractivity contribution in [3.63, 3.8) is 0 Å². The number of nitrogens with zero attached hydrogens (tertiary/aromatic N) is 2. The summed E-state index contributed by atoms with van der Waals surface area (Å²) in [6, 6.07) is 1.52. The number of rotatable bonds is 3. The molecule has 0 radical (unpaired) electrons. The molecule has 1 aromatic rings. The van der Waals surface area contributed by atoms with Crippen LogP contribution in [0.15, 0.2) is 11.2 Å². The summed E-state index contributed by atoms with van der Waals surface area (Å²) in [5.41, 5.74) is 0. The summed E-state index contributed by atoms with van der Waals surface area (Å²) >= 11 is 7.24. The smallest absolute Gasteiger partial charge is 0.190 e. The second-order valence-electron chi connectivity index (χ2n) is 3.81. The molecule has 1 aliphatic heterocycles. The van der Waals surface area contributed by atoms with E-state index in [0.29, 0.717) is 22.5 Å². The van der Waals surface area contributed by atoms with Crippen LogP contribution in [0.3, 0.4) is 0 Å². The van der Waals surface area contributed by atoms with E-state index in [1.807, 2.05) is 6.26 Å². The molecule has 1 N–H and O–H groups in total. The van der Waals surface area contributed by atoms with Gasteiger partial charge in [-0.3, -0.25) is 0 Å². The van der Waals surface area contributed by atoms with E-state index in [-0.39, 0.29) is 17.5 Å². The minimum Gasteiger partial charge on any atom is -0.366 e. The van der Waals surface area contributed by atoms with E-state index >= 15 is 0 Å². The Hall–Kier alpha value is -0.530. The maximum Gasteiger partial charge on any atom is 0.190 e. The SMILES string of the molecule is CSc1nc(Cl)cc(NC2CCS(=O)(=O)C2)n1. The molecule has 0 amide bonds. The third kappa shape index (κ3) is 3.46. The summed E-state index contributed by atoms with van der Waals surface area (Å²) in [5, 5.41) is 4.01. The molecule has 94 valence electrons. The fourth-order valence-corrected chi connectivity index (χ4v) is 3.97. The van der Waals surface area contributed by atoms with Crippen molar-refractivity contribution in [3.8, 4) is 0 Å². The average Bonchev–Trinajstić information content (AvgIpc) is 2.57. The highest BCUT2D eigenvalue weighted by Crippen LogP contribution is 2.20. The van der Waals surface area contributed by atoms with E-state index in [1.54, 1.807) is 6.07 Å². The number of thioether (sulfide) groups is 1. The van der Waals surface area contributed by atoms with Gasteiger partial charge in [0, 0.05) is 12.1 Å². The van der Waals surface area contributed by atoms with Gasteiger partial charge >= 0.3 is 0 Å². The highest BCUT2D eigenvalue weighted by Gasteiger charge is 2.28. The van der Waals surface area contributed by atoms with Crippen LogP contribution in [-0.2, 0) is 9.84 Å². The minimum absolute atomic E-state index is 0.0827. The number of nitrogens with one attached hydrogen (secondary N) is 1. The van der Waals surface area contributed by atoms with Gasteiger partial charge in [0.05, 0.1) is 11.5 Å². The monoisotopic (exact) mass is 293 g/mol. The maximum absolute atomic E-state index is 11.3. The molecular formula is C9H12ClN3O2S2. The van der Waals surface area contributed by atoms with E-state index in [1.165, 1.54) is 11.8 Å². The first kappa shape index (κ1) is 12.9. The molecule has 1 unspecified atom stereocenters. The van der Waals surface area contributed by atoms with Gasteiger partial charge in [-0.15, -0.1) is 0 Å². The lowest BCUT2D eigenvalue weighted by Crippen LogP contribution is -2.21. The summed E-state index contributed by atoms with van der Waals surface area (Å²) in [5.74, 6) is 0.971. The number of aromatic nitrogens is 2. The molecule has 1 aliphatic rings. The van der Waals surface area contributed by atoms with Crippen LogP contribution >= 0.6 is 23.4 Å². The molecule has 1 aromatic heterocycles. The van der Waals surface area contributed by atoms with Crippen molar-refractivity contribution < 1.29 is 8.42 Å². The number of sulfone groups is 1. The quantitative estimate of drug-likeness (QED) is 0.517. The van der Waals surface area contributed by atoms with Gasteiger partial charge in [0.25, 0.3) is 0 Å². The fourth-order valence-electron chi connectivity index (χ4n) is 1.68. The molecule has 2 heterocycles. The molecule has 2 rings (SSSR count). The summed E-state index contributed by atoms with van der Waals surface area (Å²) in [7, 11) is -2.89. The van der Waals surface area contributed by atoms with Crippen LogP contribution < -0.4 is 5.32 Å². The van der Waals surface area contributed by atoms with Crippen molar-refractivity contribution in [2.75, 3.05) is 23.1 Å². The first-order chi connectivity index (χ1) is 7.98. The first-order valence-corrected chi connectivity index (χ1v) is 8.46. The highest BCUT2D eigenvalue weighted by molar-refractivity contribution is 7.98. The Balaban J connectivity index is 2.11. The van der Waals surface area contributed by atoms with Crippen molar-refractivity contribution >= 4 is 39.0 Å². The van der Waals surface area contributed by atoms with Crippen molar-refractivity contribution in [1.82, 2.24) is 9.97 Å². The second-order valence-corrected chi connectivity index (χ2v) is 7.20. The molecule has 5 nitrogen and oxygen atoms in total. The molecule has 17 heavy (non-hydrogen) atoms. The Bertz CT molecular complexity index is 521. The van der Waals surface area contributed by atoms with Crippen LogP contribution in [0.1, 0.15) is 6.42 Å². The third-order valence-electron chi connectivity index (χ3n) is 2.44. The van der Waals surface area contributed by atoms with Gasteiger partial charge in [-0.25, -0.2) is 18.4 Å². The Kier molecular flexibility index (Phi) is 3.79. The largest absolute Gasteiger partial charge is 0.366 e. The minimum atomic E-state index is -2.89. The Labute approximate surface area is 109 Å². The molecule has 0 bridgehead atoms. The van der Waals surface area contributed by atoms with Crippen LogP contribution in [0, 0.1) is 0 Å². The molecule has 1 fully saturated rings. The van der Waals surface area contributed by atoms with Crippen LogP contribution in [-0.4, -0.2) is 42.2 Å². The summed E-state index contributed by atoms with van der Waals surface area (Å²) < 4.78 is 22.6. The van der Waals surface area contributed by atoms with Gasteiger partial charge in [-0.2, -0.15) is 0 Å². The molecular weight excluding hydrogens is 282 g/mol. The van der Waals surface area contributed by atoms with Crippen LogP contribution in [0.4, 0.5) is 5.82 Å². The first-order valence-electron chi connectivity index (χ1n) is 5.04. The Morgan fingerprint density at radius 2 is 2.29 bits per heavy atom. The second kappa shape index (κ2) is 4.99. The Morgan fingerprint density at radius 3 is 2.88 bits per heavy atom. The van der Waals surface area contributed by atoms with Gasteiger partial charge in [-0.05, 0) is 12.7 Å². The highest BCUT2D eigenvalue weighted by atomic mass is 35.5. The van der Waals surface area contributed by atoms with E-state index < -0.39 is 9.84 Å². The van der Waals surface area contributed by atoms with E-state index in [4.69, 9.17) is 11.6 Å². The molecule has 0 saturated carbocycles. The van der Waals surface area contributed by atoms with Crippen molar-refractivity contribution in [2.45, 2.75) is 17.6 Å². The Morgan fingerprint density at radius 1 is 1.53 bits per heavy atom. The molecule has 0 aliphatic carbocycles. The predicted octanol–water partition coefficient (Wildman–Crippen LogP) is 1.45. The summed E-state index contributed by atoms with van der Waals surface area (Å²) in [4.78, 5) is 8.24. The summed E-state index contributed by atoms with van der Waals surface area (Å²) in [6.45, 7) is 0. The third-order valence-corrected chi connectivity index (χ3v) is 4.95. The van der Waals surface area contributed by atoms with Crippen LogP contribution in [0.25, 0.3) is 0 Å². The van der Waals surface area contributed by atoms with Crippen LogP contribution in [0.2, 0.25) is 5.15 Å². The maximum atomic E-state index is 11.3. The average molecular weight is 294 g/mol. The molecule has 1 atom stereocenters. The van der Waals surface area contributed by atoms with Crippen LogP contribution in [0.5, 0.6) is 0 Å². The predicted molar refractivity (Wildman–Crippen MR) is 69.5 cm³/mol. The zero-order valence-electron chi connectivity index (χ0n) is 9.18. The van der Waals surface area contributed by atoms with Crippen molar-refractivity contribution in [2.24, 2.45) is 0 Å². The normalized spacial score (nSPS) is 22.6. The number of hydrogen-bond acceptors (Lipinski definition) is 6. The fraction of sp³-hybridized carbons (Fsp3) is 0.556. The molecule has 8 heteroatoms. The number of anilines is 1. The zero-order valence-corrected chi connectivity index (χ0v) is 11.6. The van der Waals surface area contributed by atoms with Crippen molar-refractivity contribution in [1.29, 1.82) is 0 Å². The topological polar surface area (TPSA) is 72.0 Å².